The second kappa shape index (κ2) is 4.98. The standard InChI is InChI=1S/C14H16FNS/c1-9-4-5-12(13(15)6-9)14-10(2)7-11(17-14)8-16-3/h4-7,16H,8H2,1-3H3. The van der Waals surface area contributed by atoms with E-state index in [9.17, 15) is 4.39 Å². The van der Waals surface area contributed by atoms with Gasteiger partial charge in [0.05, 0.1) is 0 Å². The smallest absolute Gasteiger partial charge is 0.132 e. The third-order valence-electron chi connectivity index (χ3n) is 2.69. The van der Waals surface area contributed by atoms with Crippen molar-refractivity contribution in [3.05, 3.63) is 46.1 Å². The summed E-state index contributed by atoms with van der Waals surface area (Å²) in [4.78, 5) is 2.27. The van der Waals surface area contributed by atoms with Gasteiger partial charge in [0.1, 0.15) is 5.82 Å². The summed E-state index contributed by atoms with van der Waals surface area (Å²) in [5.41, 5.74) is 2.80. The maximum Gasteiger partial charge on any atom is 0.132 e. The van der Waals surface area contributed by atoms with Crippen LogP contribution in [0.1, 0.15) is 16.0 Å². The number of nitrogens with one attached hydrogen (secondary N) is 1. The Kier molecular flexibility index (Phi) is 3.60. The first kappa shape index (κ1) is 12.3. The quantitative estimate of drug-likeness (QED) is 0.870. The van der Waals surface area contributed by atoms with E-state index in [0.717, 1.165) is 22.5 Å². The van der Waals surface area contributed by atoms with Gasteiger partial charge >= 0.3 is 0 Å². The van der Waals surface area contributed by atoms with Crippen LogP contribution in [0.5, 0.6) is 0 Å². The minimum Gasteiger partial charge on any atom is -0.315 e. The zero-order valence-corrected chi connectivity index (χ0v) is 11.1. The topological polar surface area (TPSA) is 12.0 Å². The van der Waals surface area contributed by atoms with Crippen LogP contribution >= 0.6 is 11.3 Å². The summed E-state index contributed by atoms with van der Waals surface area (Å²) in [6.07, 6.45) is 0. The Labute approximate surface area is 105 Å². The molecule has 0 atom stereocenters. The van der Waals surface area contributed by atoms with Gasteiger partial charge in [-0.2, -0.15) is 0 Å². The minimum atomic E-state index is -0.133. The van der Waals surface area contributed by atoms with E-state index < -0.39 is 0 Å². The molecule has 0 unspecified atom stereocenters. The summed E-state index contributed by atoms with van der Waals surface area (Å²) in [6.45, 7) is 4.77. The normalized spacial score (nSPS) is 10.8. The molecule has 0 bridgehead atoms. The fourth-order valence-electron chi connectivity index (χ4n) is 1.88. The zero-order valence-electron chi connectivity index (χ0n) is 10.3. The van der Waals surface area contributed by atoms with Gasteiger partial charge in [0.25, 0.3) is 0 Å². The molecule has 0 aliphatic heterocycles. The molecule has 2 aromatic rings. The molecule has 0 spiro atoms. The summed E-state index contributed by atoms with van der Waals surface area (Å²) >= 11 is 1.65. The molecule has 0 saturated heterocycles. The van der Waals surface area contributed by atoms with E-state index in [1.54, 1.807) is 17.4 Å². The molecule has 90 valence electrons. The lowest BCUT2D eigenvalue weighted by Crippen LogP contribution is -2.02. The molecule has 17 heavy (non-hydrogen) atoms. The van der Waals surface area contributed by atoms with Crippen LogP contribution in [-0.2, 0) is 6.54 Å². The molecule has 1 aromatic heterocycles. The van der Waals surface area contributed by atoms with Crippen LogP contribution in [0.2, 0.25) is 0 Å². The fourth-order valence-corrected chi connectivity index (χ4v) is 3.09. The number of thiophene rings is 1. The van der Waals surface area contributed by atoms with E-state index in [4.69, 9.17) is 0 Å². The highest BCUT2D eigenvalue weighted by atomic mass is 32.1. The summed E-state index contributed by atoms with van der Waals surface area (Å²) in [6, 6.07) is 7.53. The Bertz CT molecular complexity index is 531. The molecule has 0 saturated carbocycles. The number of rotatable bonds is 3. The van der Waals surface area contributed by atoms with E-state index in [2.05, 4.69) is 11.4 Å². The van der Waals surface area contributed by atoms with E-state index in [0.29, 0.717) is 5.56 Å². The van der Waals surface area contributed by atoms with Gasteiger partial charge < -0.3 is 5.32 Å². The summed E-state index contributed by atoms with van der Waals surface area (Å²) in [5, 5.41) is 3.12. The first-order valence-corrected chi connectivity index (χ1v) is 6.44. The molecular weight excluding hydrogens is 233 g/mol. The predicted molar refractivity (Wildman–Crippen MR) is 72.0 cm³/mol. The third kappa shape index (κ3) is 2.56. The highest BCUT2D eigenvalue weighted by Crippen LogP contribution is 2.34. The highest BCUT2D eigenvalue weighted by molar-refractivity contribution is 7.15. The van der Waals surface area contributed by atoms with Crippen molar-refractivity contribution in [3.8, 4) is 10.4 Å². The zero-order chi connectivity index (χ0) is 12.4. The molecule has 1 heterocycles. The molecular formula is C14H16FNS. The average Bonchev–Trinajstić information content (AvgIpc) is 2.60. The third-order valence-corrected chi connectivity index (χ3v) is 3.96. The first-order chi connectivity index (χ1) is 8.11. The van der Waals surface area contributed by atoms with Gasteiger partial charge in [-0.05, 0) is 44.2 Å². The SMILES string of the molecule is CNCc1cc(C)c(-c2ccc(C)cc2F)s1. The van der Waals surface area contributed by atoms with Crippen LogP contribution in [0.15, 0.2) is 24.3 Å². The van der Waals surface area contributed by atoms with Crippen LogP contribution in [-0.4, -0.2) is 7.05 Å². The highest BCUT2D eigenvalue weighted by Gasteiger charge is 2.11. The Morgan fingerprint density at radius 2 is 2.00 bits per heavy atom. The molecule has 0 radical (unpaired) electrons. The lowest BCUT2D eigenvalue weighted by atomic mass is 10.1. The van der Waals surface area contributed by atoms with Crippen molar-refractivity contribution in [3.63, 3.8) is 0 Å². The number of hydrogen-bond acceptors (Lipinski definition) is 2. The average molecular weight is 249 g/mol. The lowest BCUT2D eigenvalue weighted by molar-refractivity contribution is 0.630. The van der Waals surface area contributed by atoms with Crippen molar-refractivity contribution >= 4 is 11.3 Å². The number of aryl methyl sites for hydroxylation is 2. The lowest BCUT2D eigenvalue weighted by Gasteiger charge is -2.03. The summed E-state index contributed by atoms with van der Waals surface area (Å²) in [5.74, 6) is -0.133. The van der Waals surface area contributed by atoms with Crippen molar-refractivity contribution in [1.82, 2.24) is 5.32 Å². The molecule has 1 N–H and O–H groups in total. The van der Waals surface area contributed by atoms with Crippen LogP contribution in [0.4, 0.5) is 4.39 Å². The van der Waals surface area contributed by atoms with Crippen LogP contribution in [0.3, 0.4) is 0 Å². The van der Waals surface area contributed by atoms with E-state index >= 15 is 0 Å². The minimum absolute atomic E-state index is 0.133. The summed E-state index contributed by atoms with van der Waals surface area (Å²) < 4.78 is 13.9. The molecule has 1 nitrogen and oxygen atoms in total. The van der Waals surface area contributed by atoms with Crippen LogP contribution in [0, 0.1) is 19.7 Å². The molecule has 0 fully saturated rings. The van der Waals surface area contributed by atoms with Crippen LogP contribution < -0.4 is 5.32 Å². The van der Waals surface area contributed by atoms with E-state index in [-0.39, 0.29) is 5.82 Å². The second-order valence-electron chi connectivity index (χ2n) is 4.24. The number of hydrogen-bond donors (Lipinski definition) is 1. The van der Waals surface area contributed by atoms with Gasteiger partial charge in [-0.25, -0.2) is 4.39 Å². The molecule has 0 aliphatic carbocycles. The Balaban J connectivity index is 2.45. The number of halogens is 1. The fraction of sp³-hybridized carbons (Fsp3) is 0.286. The number of benzene rings is 1. The van der Waals surface area contributed by atoms with Crippen LogP contribution in [0.25, 0.3) is 10.4 Å². The molecule has 0 amide bonds. The van der Waals surface area contributed by atoms with Gasteiger partial charge in [0.15, 0.2) is 0 Å². The van der Waals surface area contributed by atoms with E-state index in [1.165, 1.54) is 4.88 Å². The second-order valence-corrected chi connectivity index (χ2v) is 5.38. The maximum absolute atomic E-state index is 13.9. The molecule has 0 aliphatic rings. The van der Waals surface area contributed by atoms with Gasteiger partial charge in [-0.1, -0.05) is 12.1 Å². The van der Waals surface area contributed by atoms with Crippen molar-refractivity contribution in [1.29, 1.82) is 0 Å². The predicted octanol–water partition coefficient (Wildman–Crippen LogP) is 3.89. The Morgan fingerprint density at radius 1 is 1.24 bits per heavy atom. The van der Waals surface area contributed by atoms with Crippen molar-refractivity contribution in [2.75, 3.05) is 7.05 Å². The molecule has 2 rings (SSSR count). The Morgan fingerprint density at radius 3 is 2.65 bits per heavy atom. The van der Waals surface area contributed by atoms with Crippen molar-refractivity contribution in [2.24, 2.45) is 0 Å². The van der Waals surface area contributed by atoms with Gasteiger partial charge in [-0.15, -0.1) is 11.3 Å². The monoisotopic (exact) mass is 249 g/mol. The van der Waals surface area contributed by atoms with Crippen molar-refractivity contribution in [2.45, 2.75) is 20.4 Å². The maximum atomic E-state index is 13.9. The summed E-state index contributed by atoms with van der Waals surface area (Å²) in [7, 11) is 1.92. The van der Waals surface area contributed by atoms with Gasteiger partial charge in [0.2, 0.25) is 0 Å². The van der Waals surface area contributed by atoms with Gasteiger partial charge in [-0.3, -0.25) is 0 Å². The Hall–Kier alpha value is -1.19. The van der Waals surface area contributed by atoms with Gasteiger partial charge in [0, 0.05) is 21.9 Å². The first-order valence-electron chi connectivity index (χ1n) is 5.62. The largest absolute Gasteiger partial charge is 0.315 e. The van der Waals surface area contributed by atoms with E-state index in [1.807, 2.05) is 33.0 Å². The van der Waals surface area contributed by atoms with Crippen molar-refractivity contribution < 1.29 is 4.39 Å². The molecule has 1 aromatic carbocycles. The molecule has 3 heteroatoms.